The third-order valence-electron chi connectivity index (χ3n) is 5.09. The van der Waals surface area contributed by atoms with Gasteiger partial charge in [-0.3, -0.25) is 4.79 Å². The Morgan fingerprint density at radius 1 is 1.38 bits per heavy atom. The molecule has 1 unspecified atom stereocenters. The van der Waals surface area contributed by atoms with E-state index < -0.39 is 0 Å². The predicted octanol–water partition coefficient (Wildman–Crippen LogP) is 0.940. The van der Waals surface area contributed by atoms with Crippen LogP contribution in [0.25, 0.3) is 0 Å². The molecule has 0 aromatic carbocycles. The fraction of sp³-hybridized carbons (Fsp3) is 0.647. The van der Waals surface area contributed by atoms with Crippen LogP contribution < -0.4 is 10.2 Å². The number of amides is 1. The van der Waals surface area contributed by atoms with Crippen molar-refractivity contribution >= 4 is 11.9 Å². The van der Waals surface area contributed by atoms with E-state index >= 15 is 0 Å². The van der Waals surface area contributed by atoms with Crippen LogP contribution in [0.4, 0.5) is 5.95 Å². The fourth-order valence-corrected chi connectivity index (χ4v) is 3.42. The quantitative estimate of drug-likeness (QED) is 0.885. The zero-order valence-corrected chi connectivity index (χ0v) is 14.1. The third-order valence-corrected chi connectivity index (χ3v) is 5.09. The van der Waals surface area contributed by atoms with Gasteiger partial charge in [-0.15, -0.1) is 0 Å². The van der Waals surface area contributed by atoms with Crippen molar-refractivity contribution in [2.45, 2.75) is 44.2 Å². The third kappa shape index (κ3) is 3.65. The second kappa shape index (κ2) is 7.14. The minimum atomic E-state index is -0.246. The summed E-state index contributed by atoms with van der Waals surface area (Å²) >= 11 is 0. The highest BCUT2D eigenvalue weighted by Crippen LogP contribution is 2.24. The highest BCUT2D eigenvalue weighted by Gasteiger charge is 2.33. The molecule has 0 spiro atoms. The van der Waals surface area contributed by atoms with E-state index in [1.54, 1.807) is 17.3 Å². The van der Waals surface area contributed by atoms with E-state index in [1.807, 2.05) is 6.07 Å². The monoisotopic (exact) mass is 328 g/mol. The van der Waals surface area contributed by atoms with Gasteiger partial charge in [0.15, 0.2) is 0 Å². The molecule has 2 fully saturated rings. The molecule has 1 amide bonds. The number of nitrogens with one attached hydrogen (secondary N) is 1. The maximum Gasteiger partial charge on any atom is 0.237 e. The van der Waals surface area contributed by atoms with Crippen LogP contribution >= 0.6 is 0 Å². The maximum atomic E-state index is 12.4. The number of nitriles is 1. The zero-order chi connectivity index (χ0) is 17.0. The van der Waals surface area contributed by atoms with Crippen LogP contribution in [0, 0.1) is 11.3 Å². The number of piperidine rings is 1. The van der Waals surface area contributed by atoms with Gasteiger partial charge in [0, 0.05) is 37.6 Å². The van der Waals surface area contributed by atoms with Crippen molar-refractivity contribution < 1.29 is 4.79 Å². The van der Waals surface area contributed by atoms with E-state index in [4.69, 9.17) is 5.26 Å². The molecule has 0 bridgehead atoms. The maximum absolute atomic E-state index is 12.4. The van der Waals surface area contributed by atoms with Crippen LogP contribution in [0.15, 0.2) is 18.5 Å². The second-order valence-electron chi connectivity index (χ2n) is 6.82. The predicted molar refractivity (Wildman–Crippen MR) is 90.2 cm³/mol. The summed E-state index contributed by atoms with van der Waals surface area (Å²) < 4.78 is 0. The molecule has 0 radical (unpaired) electrons. The fourth-order valence-electron chi connectivity index (χ4n) is 3.42. The number of nitrogens with zero attached hydrogens (tertiary/aromatic N) is 5. The van der Waals surface area contributed by atoms with Crippen LogP contribution in [0.5, 0.6) is 0 Å². The average molecular weight is 328 g/mol. The summed E-state index contributed by atoms with van der Waals surface area (Å²) in [7, 11) is 0. The standard InChI is InChI=1S/C17H24N6O/c1-17(21-13-15(24)23-9-2-4-14(23)12-18)5-10-22(11-6-17)16-19-7-3-8-20-16/h3,7-8,14,21H,2,4-6,9-11,13H2,1H3. The summed E-state index contributed by atoms with van der Waals surface area (Å²) in [5.74, 6) is 0.804. The van der Waals surface area contributed by atoms with E-state index in [-0.39, 0.29) is 17.5 Å². The van der Waals surface area contributed by atoms with Crippen LogP contribution in [0.1, 0.15) is 32.6 Å². The Kier molecular flexibility index (Phi) is 4.95. The lowest BCUT2D eigenvalue weighted by Gasteiger charge is -2.40. The number of carbonyl (C=O) groups is 1. The van der Waals surface area contributed by atoms with E-state index in [0.29, 0.717) is 13.1 Å². The van der Waals surface area contributed by atoms with Crippen molar-refractivity contribution in [1.82, 2.24) is 20.2 Å². The van der Waals surface area contributed by atoms with Crippen molar-refractivity contribution in [3.63, 3.8) is 0 Å². The first-order valence-electron chi connectivity index (χ1n) is 8.57. The molecule has 1 aromatic heterocycles. The normalized spacial score (nSPS) is 23.1. The lowest BCUT2D eigenvalue weighted by molar-refractivity contribution is -0.130. The Bertz CT molecular complexity index is 605. The molecule has 128 valence electrons. The molecule has 2 aliphatic rings. The highest BCUT2D eigenvalue weighted by molar-refractivity contribution is 5.79. The Morgan fingerprint density at radius 3 is 2.75 bits per heavy atom. The molecule has 0 aliphatic carbocycles. The van der Waals surface area contributed by atoms with Gasteiger partial charge in [-0.1, -0.05) is 0 Å². The molecular weight excluding hydrogens is 304 g/mol. The molecule has 2 aliphatic heterocycles. The van der Waals surface area contributed by atoms with Gasteiger partial charge < -0.3 is 15.1 Å². The smallest absolute Gasteiger partial charge is 0.237 e. The van der Waals surface area contributed by atoms with E-state index in [2.05, 4.69) is 33.2 Å². The summed E-state index contributed by atoms with van der Waals surface area (Å²) in [6, 6.07) is 3.79. The van der Waals surface area contributed by atoms with Crippen molar-refractivity contribution in [3.05, 3.63) is 18.5 Å². The largest absolute Gasteiger partial charge is 0.341 e. The number of rotatable bonds is 4. The highest BCUT2D eigenvalue weighted by atomic mass is 16.2. The lowest BCUT2D eigenvalue weighted by atomic mass is 9.89. The van der Waals surface area contributed by atoms with Crippen molar-refractivity contribution in [2.75, 3.05) is 31.1 Å². The van der Waals surface area contributed by atoms with Crippen LogP contribution in [0.3, 0.4) is 0 Å². The minimum Gasteiger partial charge on any atom is -0.341 e. The number of hydrogen-bond acceptors (Lipinski definition) is 6. The van der Waals surface area contributed by atoms with Gasteiger partial charge in [0.2, 0.25) is 11.9 Å². The zero-order valence-electron chi connectivity index (χ0n) is 14.1. The number of hydrogen-bond donors (Lipinski definition) is 1. The van der Waals surface area contributed by atoms with Gasteiger partial charge in [-0.05, 0) is 38.7 Å². The summed E-state index contributed by atoms with van der Waals surface area (Å²) in [4.78, 5) is 24.9. The van der Waals surface area contributed by atoms with Gasteiger partial charge in [0.1, 0.15) is 6.04 Å². The Labute approximate surface area is 142 Å². The number of likely N-dealkylation sites (tertiary alicyclic amines) is 1. The molecule has 1 aromatic rings. The minimum absolute atomic E-state index is 0.0362. The molecule has 7 heteroatoms. The molecule has 0 saturated carbocycles. The first kappa shape index (κ1) is 16.7. The van der Waals surface area contributed by atoms with Crippen molar-refractivity contribution in [2.24, 2.45) is 0 Å². The molecule has 3 rings (SSSR count). The molecular formula is C17H24N6O. The van der Waals surface area contributed by atoms with Crippen molar-refractivity contribution in [3.8, 4) is 6.07 Å². The van der Waals surface area contributed by atoms with E-state index in [0.717, 1.165) is 44.7 Å². The molecule has 2 saturated heterocycles. The van der Waals surface area contributed by atoms with Gasteiger partial charge >= 0.3 is 0 Å². The van der Waals surface area contributed by atoms with Crippen LogP contribution in [-0.4, -0.2) is 58.5 Å². The summed E-state index contributed by atoms with van der Waals surface area (Å²) in [6.07, 6.45) is 7.10. The van der Waals surface area contributed by atoms with Gasteiger partial charge in [-0.2, -0.15) is 5.26 Å². The Balaban J connectivity index is 1.50. The molecule has 24 heavy (non-hydrogen) atoms. The average Bonchev–Trinajstić information content (AvgIpc) is 3.10. The van der Waals surface area contributed by atoms with E-state index in [1.165, 1.54) is 0 Å². The molecule has 7 nitrogen and oxygen atoms in total. The SMILES string of the molecule is CC1(NCC(=O)N2CCCC2C#N)CCN(c2ncccn2)CC1. The Hall–Kier alpha value is -2.20. The van der Waals surface area contributed by atoms with Crippen LogP contribution in [0.2, 0.25) is 0 Å². The van der Waals surface area contributed by atoms with Gasteiger partial charge in [0.05, 0.1) is 12.6 Å². The van der Waals surface area contributed by atoms with Crippen molar-refractivity contribution in [1.29, 1.82) is 5.26 Å². The number of carbonyl (C=O) groups excluding carboxylic acids is 1. The van der Waals surface area contributed by atoms with Crippen LogP contribution in [-0.2, 0) is 4.79 Å². The number of anilines is 1. The first-order chi connectivity index (χ1) is 11.6. The molecule has 1 atom stereocenters. The lowest BCUT2D eigenvalue weighted by Crippen LogP contribution is -2.54. The summed E-state index contributed by atoms with van der Waals surface area (Å²) in [6.45, 7) is 4.90. The van der Waals surface area contributed by atoms with Gasteiger partial charge in [-0.25, -0.2) is 9.97 Å². The van der Waals surface area contributed by atoms with E-state index in [9.17, 15) is 4.79 Å². The second-order valence-corrected chi connectivity index (χ2v) is 6.82. The molecule has 1 N–H and O–H groups in total. The summed E-state index contributed by atoms with van der Waals surface area (Å²) in [5, 5.41) is 12.5. The number of aromatic nitrogens is 2. The summed E-state index contributed by atoms with van der Waals surface area (Å²) in [5.41, 5.74) is -0.0667. The van der Waals surface area contributed by atoms with Gasteiger partial charge in [0.25, 0.3) is 0 Å². The Morgan fingerprint density at radius 2 is 2.08 bits per heavy atom. The first-order valence-corrected chi connectivity index (χ1v) is 8.57. The topological polar surface area (TPSA) is 85.2 Å². The molecule has 3 heterocycles.